The van der Waals surface area contributed by atoms with E-state index in [1.807, 2.05) is 31.2 Å². The summed E-state index contributed by atoms with van der Waals surface area (Å²) in [7, 11) is 0. The second kappa shape index (κ2) is 6.98. The smallest absolute Gasteiger partial charge is 0.407 e. The van der Waals surface area contributed by atoms with E-state index in [0.29, 0.717) is 0 Å². The van der Waals surface area contributed by atoms with Crippen molar-refractivity contribution in [1.29, 1.82) is 5.26 Å². The molecule has 0 saturated heterocycles. The van der Waals surface area contributed by atoms with Crippen molar-refractivity contribution in [1.82, 2.24) is 5.32 Å². The third-order valence-electron chi connectivity index (χ3n) is 2.76. The van der Waals surface area contributed by atoms with Crippen molar-refractivity contribution in [2.24, 2.45) is 0 Å². The maximum Gasteiger partial charge on any atom is 0.407 e. The molecule has 0 heterocycles. The maximum absolute atomic E-state index is 11.7. The van der Waals surface area contributed by atoms with Crippen LogP contribution in [-0.4, -0.2) is 23.8 Å². The van der Waals surface area contributed by atoms with Crippen molar-refractivity contribution >= 4 is 11.8 Å². The largest absolute Gasteiger partial charge is 0.444 e. The lowest BCUT2D eigenvalue weighted by Crippen LogP contribution is -2.46. The van der Waals surface area contributed by atoms with Gasteiger partial charge in [0.2, 0.25) is 0 Å². The van der Waals surface area contributed by atoms with Gasteiger partial charge < -0.3 is 15.4 Å². The van der Waals surface area contributed by atoms with Gasteiger partial charge in [-0.25, -0.2) is 4.79 Å². The normalized spacial score (nSPS) is 13.7. The van der Waals surface area contributed by atoms with Gasteiger partial charge in [0.1, 0.15) is 11.6 Å². The predicted molar refractivity (Wildman–Crippen MR) is 83.0 cm³/mol. The number of carbonyl (C=O) groups excluding carboxylic acids is 1. The Morgan fingerprint density at radius 3 is 2.33 bits per heavy atom. The molecule has 0 aliphatic heterocycles. The summed E-state index contributed by atoms with van der Waals surface area (Å²) >= 11 is 0. The highest BCUT2D eigenvalue weighted by Gasteiger charge is 2.22. The van der Waals surface area contributed by atoms with Crippen LogP contribution in [0, 0.1) is 18.3 Å². The second-order valence-corrected chi connectivity index (χ2v) is 6.05. The highest BCUT2D eigenvalue weighted by molar-refractivity contribution is 5.68. The minimum atomic E-state index is -0.559. The second-order valence-electron chi connectivity index (χ2n) is 6.05. The quantitative estimate of drug-likeness (QED) is 0.892. The average molecular weight is 289 g/mol. The van der Waals surface area contributed by atoms with Gasteiger partial charge in [-0.05, 0) is 46.8 Å². The Morgan fingerprint density at radius 2 is 1.86 bits per heavy atom. The summed E-state index contributed by atoms with van der Waals surface area (Å²) < 4.78 is 5.18. The summed E-state index contributed by atoms with van der Waals surface area (Å²) in [5, 5.41) is 15.0. The Hall–Kier alpha value is -2.22. The Morgan fingerprint density at radius 1 is 1.29 bits per heavy atom. The van der Waals surface area contributed by atoms with Gasteiger partial charge >= 0.3 is 6.09 Å². The fourth-order valence-corrected chi connectivity index (χ4v) is 1.68. The molecule has 0 aliphatic carbocycles. The SMILES string of the molecule is Cc1ccc(NC(C#N)C(C)NC(=O)OC(C)(C)C)cc1. The average Bonchev–Trinajstić information content (AvgIpc) is 2.35. The first-order valence-electron chi connectivity index (χ1n) is 6.93. The highest BCUT2D eigenvalue weighted by Crippen LogP contribution is 2.12. The third kappa shape index (κ3) is 6.17. The van der Waals surface area contributed by atoms with Crippen LogP contribution in [-0.2, 0) is 4.74 Å². The van der Waals surface area contributed by atoms with E-state index in [1.54, 1.807) is 27.7 Å². The molecule has 5 heteroatoms. The molecule has 5 nitrogen and oxygen atoms in total. The molecule has 1 amide bonds. The van der Waals surface area contributed by atoms with Crippen molar-refractivity contribution < 1.29 is 9.53 Å². The topological polar surface area (TPSA) is 74.2 Å². The van der Waals surface area contributed by atoms with E-state index >= 15 is 0 Å². The monoisotopic (exact) mass is 289 g/mol. The van der Waals surface area contributed by atoms with Crippen LogP contribution in [0.2, 0.25) is 0 Å². The Kier molecular flexibility index (Phi) is 5.60. The number of amides is 1. The molecule has 0 spiro atoms. The molecule has 0 saturated carbocycles. The molecule has 2 atom stereocenters. The van der Waals surface area contributed by atoms with E-state index in [9.17, 15) is 10.1 Å². The summed E-state index contributed by atoms with van der Waals surface area (Å²) in [6.45, 7) is 9.15. The molecule has 21 heavy (non-hydrogen) atoms. The van der Waals surface area contributed by atoms with E-state index in [0.717, 1.165) is 11.3 Å². The van der Waals surface area contributed by atoms with Gasteiger partial charge in [0.25, 0.3) is 0 Å². The summed E-state index contributed by atoms with van der Waals surface area (Å²) in [5.74, 6) is 0. The summed E-state index contributed by atoms with van der Waals surface area (Å²) in [6.07, 6.45) is -0.527. The highest BCUT2D eigenvalue weighted by atomic mass is 16.6. The standard InChI is InChI=1S/C16H23N3O2/c1-11-6-8-13(9-7-11)19-14(10-17)12(2)18-15(20)21-16(3,4)5/h6-9,12,14,19H,1-5H3,(H,18,20). The van der Waals surface area contributed by atoms with Gasteiger partial charge in [0, 0.05) is 5.69 Å². The first-order valence-corrected chi connectivity index (χ1v) is 6.93. The number of anilines is 1. The molecule has 0 radical (unpaired) electrons. The van der Waals surface area contributed by atoms with Crippen LogP contribution in [0.15, 0.2) is 24.3 Å². The lowest BCUT2D eigenvalue weighted by Gasteiger charge is -2.24. The van der Waals surface area contributed by atoms with Crippen LogP contribution >= 0.6 is 0 Å². The molecule has 0 bridgehead atoms. The molecule has 114 valence electrons. The minimum absolute atomic E-state index is 0.383. The number of alkyl carbamates (subject to hydrolysis) is 1. The molecule has 1 aromatic carbocycles. The molecule has 2 unspecified atom stereocenters. The molecule has 1 rings (SSSR count). The molecule has 0 aromatic heterocycles. The van der Waals surface area contributed by atoms with E-state index in [-0.39, 0.29) is 6.04 Å². The number of aryl methyl sites for hydroxylation is 1. The fraction of sp³-hybridized carbons (Fsp3) is 0.500. The molecule has 1 aromatic rings. The molecule has 0 aliphatic rings. The van der Waals surface area contributed by atoms with Crippen LogP contribution in [0.1, 0.15) is 33.3 Å². The van der Waals surface area contributed by atoms with Crippen LogP contribution in [0.4, 0.5) is 10.5 Å². The number of hydrogen-bond donors (Lipinski definition) is 2. The van der Waals surface area contributed by atoms with Crippen LogP contribution in [0.3, 0.4) is 0 Å². The Bertz CT molecular complexity index is 512. The van der Waals surface area contributed by atoms with Crippen molar-refractivity contribution in [3.8, 4) is 6.07 Å². The van der Waals surface area contributed by atoms with Gasteiger partial charge in [-0.15, -0.1) is 0 Å². The summed E-state index contributed by atoms with van der Waals surface area (Å²) in [6, 6.07) is 8.95. The first-order chi connectivity index (χ1) is 9.71. The summed E-state index contributed by atoms with van der Waals surface area (Å²) in [4.78, 5) is 11.7. The zero-order chi connectivity index (χ0) is 16.0. The number of nitrogens with one attached hydrogen (secondary N) is 2. The lowest BCUT2D eigenvalue weighted by atomic mass is 10.1. The van der Waals surface area contributed by atoms with Gasteiger partial charge in [-0.3, -0.25) is 0 Å². The van der Waals surface area contributed by atoms with E-state index in [1.165, 1.54) is 0 Å². The Labute approximate surface area is 126 Å². The number of nitrogens with zero attached hydrogens (tertiary/aromatic N) is 1. The van der Waals surface area contributed by atoms with Crippen molar-refractivity contribution in [2.45, 2.75) is 52.3 Å². The fourth-order valence-electron chi connectivity index (χ4n) is 1.68. The van der Waals surface area contributed by atoms with Gasteiger partial charge in [-0.1, -0.05) is 17.7 Å². The number of benzene rings is 1. The number of hydrogen-bond acceptors (Lipinski definition) is 4. The minimum Gasteiger partial charge on any atom is -0.444 e. The Balaban J connectivity index is 2.61. The van der Waals surface area contributed by atoms with E-state index in [4.69, 9.17) is 4.74 Å². The maximum atomic E-state index is 11.7. The van der Waals surface area contributed by atoms with Crippen LogP contribution in [0.5, 0.6) is 0 Å². The third-order valence-corrected chi connectivity index (χ3v) is 2.76. The number of nitriles is 1. The van der Waals surface area contributed by atoms with Gasteiger partial charge in [0.05, 0.1) is 12.1 Å². The number of ether oxygens (including phenoxy) is 1. The van der Waals surface area contributed by atoms with Gasteiger partial charge in [0.15, 0.2) is 0 Å². The predicted octanol–water partition coefficient (Wildman–Crippen LogP) is 3.21. The number of rotatable bonds is 4. The van der Waals surface area contributed by atoms with E-state index in [2.05, 4.69) is 16.7 Å². The van der Waals surface area contributed by atoms with Crippen LogP contribution < -0.4 is 10.6 Å². The molecular formula is C16H23N3O2. The first kappa shape index (κ1) is 16.8. The summed E-state index contributed by atoms with van der Waals surface area (Å²) in [5.41, 5.74) is 1.43. The zero-order valence-corrected chi connectivity index (χ0v) is 13.2. The number of carbonyl (C=O) groups is 1. The van der Waals surface area contributed by atoms with Crippen molar-refractivity contribution in [3.63, 3.8) is 0 Å². The molecule has 0 fully saturated rings. The molecule has 2 N–H and O–H groups in total. The van der Waals surface area contributed by atoms with E-state index < -0.39 is 17.7 Å². The van der Waals surface area contributed by atoms with Crippen LogP contribution in [0.25, 0.3) is 0 Å². The van der Waals surface area contributed by atoms with Crippen molar-refractivity contribution in [2.75, 3.05) is 5.32 Å². The van der Waals surface area contributed by atoms with Crippen molar-refractivity contribution in [3.05, 3.63) is 29.8 Å². The molecular weight excluding hydrogens is 266 g/mol. The van der Waals surface area contributed by atoms with Gasteiger partial charge in [-0.2, -0.15) is 5.26 Å². The lowest BCUT2D eigenvalue weighted by molar-refractivity contribution is 0.0507. The zero-order valence-electron chi connectivity index (χ0n) is 13.2.